The van der Waals surface area contributed by atoms with Gasteiger partial charge in [0.05, 0.1) is 17.3 Å². The van der Waals surface area contributed by atoms with Crippen LogP contribution in [0, 0.1) is 18.3 Å². The van der Waals surface area contributed by atoms with Gasteiger partial charge in [-0.1, -0.05) is 13.0 Å². The van der Waals surface area contributed by atoms with E-state index in [0.717, 1.165) is 0 Å². The van der Waals surface area contributed by atoms with E-state index < -0.39 is 0 Å². The van der Waals surface area contributed by atoms with E-state index in [1.165, 1.54) is 0 Å². The number of nitrogens with one attached hydrogen (secondary N) is 1. The summed E-state index contributed by atoms with van der Waals surface area (Å²) in [4.78, 5) is 14.4. The average Bonchev–Trinajstić information content (AvgIpc) is 2.42. The lowest BCUT2D eigenvalue weighted by atomic mass is 10.2. The number of hydrogen-bond donors (Lipinski definition) is 1. The maximum atomic E-state index is 11.6. The summed E-state index contributed by atoms with van der Waals surface area (Å²) in [5.74, 6) is 1.18. The van der Waals surface area contributed by atoms with Crippen LogP contribution in [-0.4, -0.2) is 4.98 Å². The molecule has 0 atom stereocenters. The second-order valence-electron chi connectivity index (χ2n) is 4.21. The third-order valence-corrected chi connectivity index (χ3v) is 2.84. The van der Waals surface area contributed by atoms with Crippen LogP contribution in [0.15, 0.2) is 35.1 Å². The minimum atomic E-state index is -0.0851. The molecule has 4 heteroatoms. The van der Waals surface area contributed by atoms with E-state index in [-0.39, 0.29) is 5.56 Å². The second kappa shape index (κ2) is 5.40. The zero-order valence-corrected chi connectivity index (χ0v) is 10.9. The van der Waals surface area contributed by atoms with Crippen LogP contribution in [-0.2, 0) is 6.42 Å². The van der Waals surface area contributed by atoms with Crippen LogP contribution < -0.4 is 10.3 Å². The zero-order valence-electron chi connectivity index (χ0n) is 10.9. The van der Waals surface area contributed by atoms with Gasteiger partial charge in [-0.2, -0.15) is 5.26 Å². The lowest BCUT2D eigenvalue weighted by Gasteiger charge is -2.10. The van der Waals surface area contributed by atoms with Crippen molar-refractivity contribution >= 4 is 0 Å². The predicted octanol–water partition coefficient (Wildman–Crippen LogP) is 2.91. The fourth-order valence-corrected chi connectivity index (χ4v) is 1.77. The Kier molecular flexibility index (Phi) is 3.67. The highest BCUT2D eigenvalue weighted by Crippen LogP contribution is 2.24. The Morgan fingerprint density at radius 1 is 1.37 bits per heavy atom. The SMILES string of the molecule is CCc1cc(Oc2cccc(C#N)c2)c(C)[nH]c1=O. The highest BCUT2D eigenvalue weighted by atomic mass is 16.5. The molecular weight excluding hydrogens is 240 g/mol. The Morgan fingerprint density at radius 3 is 2.84 bits per heavy atom. The van der Waals surface area contributed by atoms with Crippen molar-refractivity contribution in [2.45, 2.75) is 20.3 Å². The van der Waals surface area contributed by atoms with E-state index in [1.807, 2.05) is 6.92 Å². The van der Waals surface area contributed by atoms with Crippen molar-refractivity contribution in [3.05, 3.63) is 57.5 Å². The van der Waals surface area contributed by atoms with Gasteiger partial charge in [-0.25, -0.2) is 0 Å². The highest BCUT2D eigenvalue weighted by molar-refractivity contribution is 5.40. The second-order valence-corrected chi connectivity index (χ2v) is 4.21. The van der Waals surface area contributed by atoms with E-state index in [2.05, 4.69) is 11.1 Å². The van der Waals surface area contributed by atoms with Crippen molar-refractivity contribution in [2.24, 2.45) is 0 Å². The Hall–Kier alpha value is -2.54. The first-order chi connectivity index (χ1) is 9.13. The summed E-state index contributed by atoms with van der Waals surface area (Å²) in [5.41, 5.74) is 1.80. The highest BCUT2D eigenvalue weighted by Gasteiger charge is 2.07. The van der Waals surface area contributed by atoms with Crippen molar-refractivity contribution in [2.75, 3.05) is 0 Å². The number of aromatic nitrogens is 1. The van der Waals surface area contributed by atoms with Crippen LogP contribution in [0.1, 0.15) is 23.7 Å². The summed E-state index contributed by atoms with van der Waals surface area (Å²) in [5, 5.41) is 8.85. The minimum Gasteiger partial charge on any atom is -0.455 e. The maximum absolute atomic E-state index is 11.6. The van der Waals surface area contributed by atoms with Gasteiger partial charge in [0, 0.05) is 5.56 Å². The Balaban J connectivity index is 2.38. The number of H-pyrrole nitrogens is 1. The largest absolute Gasteiger partial charge is 0.455 e. The maximum Gasteiger partial charge on any atom is 0.251 e. The molecule has 0 saturated heterocycles. The monoisotopic (exact) mass is 254 g/mol. The van der Waals surface area contributed by atoms with Gasteiger partial charge in [0.1, 0.15) is 11.5 Å². The van der Waals surface area contributed by atoms with Gasteiger partial charge in [-0.05, 0) is 37.6 Å². The smallest absolute Gasteiger partial charge is 0.251 e. The molecule has 0 unspecified atom stereocenters. The lowest BCUT2D eigenvalue weighted by Crippen LogP contribution is -2.13. The summed E-state index contributed by atoms with van der Waals surface area (Å²) < 4.78 is 5.73. The Bertz CT molecular complexity index is 696. The molecule has 19 heavy (non-hydrogen) atoms. The molecule has 0 fully saturated rings. The van der Waals surface area contributed by atoms with Crippen molar-refractivity contribution in [1.82, 2.24) is 4.98 Å². The van der Waals surface area contributed by atoms with Crippen LogP contribution in [0.4, 0.5) is 0 Å². The van der Waals surface area contributed by atoms with Crippen LogP contribution >= 0.6 is 0 Å². The number of nitrogens with zero attached hydrogens (tertiary/aromatic N) is 1. The summed E-state index contributed by atoms with van der Waals surface area (Å²) in [6.45, 7) is 3.70. The molecule has 96 valence electrons. The number of aryl methyl sites for hydroxylation is 2. The number of hydrogen-bond acceptors (Lipinski definition) is 3. The standard InChI is InChI=1S/C15H14N2O2/c1-3-12-8-14(10(2)17-15(12)18)19-13-6-4-5-11(7-13)9-16/h4-8H,3H2,1-2H3,(H,17,18). The molecule has 2 aromatic rings. The van der Waals surface area contributed by atoms with Crippen molar-refractivity contribution < 1.29 is 4.74 Å². The van der Waals surface area contributed by atoms with Crippen LogP contribution in [0.5, 0.6) is 11.5 Å². The number of rotatable bonds is 3. The van der Waals surface area contributed by atoms with E-state index >= 15 is 0 Å². The molecule has 0 aliphatic carbocycles. The lowest BCUT2D eigenvalue weighted by molar-refractivity contribution is 0.474. The normalized spacial score (nSPS) is 9.95. The number of benzene rings is 1. The fraction of sp³-hybridized carbons (Fsp3) is 0.200. The topological polar surface area (TPSA) is 65.9 Å². The van der Waals surface area contributed by atoms with Crippen LogP contribution in [0.2, 0.25) is 0 Å². The third kappa shape index (κ3) is 2.83. The summed E-state index contributed by atoms with van der Waals surface area (Å²) in [7, 11) is 0. The molecule has 0 aliphatic heterocycles. The van der Waals surface area contributed by atoms with Crippen LogP contribution in [0.3, 0.4) is 0 Å². The third-order valence-electron chi connectivity index (χ3n) is 2.84. The first kappa shape index (κ1) is 12.9. The molecule has 0 radical (unpaired) electrons. The first-order valence-electron chi connectivity index (χ1n) is 6.05. The molecule has 1 heterocycles. The summed E-state index contributed by atoms with van der Waals surface area (Å²) in [6, 6.07) is 10.7. The molecule has 0 spiro atoms. The first-order valence-corrected chi connectivity index (χ1v) is 6.05. The molecule has 0 aliphatic rings. The van der Waals surface area contributed by atoms with Gasteiger partial charge in [0.2, 0.25) is 0 Å². The van der Waals surface area contributed by atoms with Crippen molar-refractivity contribution in [3.63, 3.8) is 0 Å². The summed E-state index contributed by atoms with van der Waals surface area (Å²) in [6.07, 6.45) is 0.643. The average molecular weight is 254 g/mol. The molecule has 0 saturated carbocycles. The van der Waals surface area contributed by atoms with E-state index in [4.69, 9.17) is 10.00 Å². The van der Waals surface area contributed by atoms with E-state index in [1.54, 1.807) is 37.3 Å². The predicted molar refractivity (Wildman–Crippen MR) is 72.4 cm³/mol. The Labute approximate surface area is 111 Å². The molecule has 1 aromatic heterocycles. The number of ether oxygens (including phenoxy) is 1. The zero-order chi connectivity index (χ0) is 13.8. The molecule has 1 aromatic carbocycles. The van der Waals surface area contributed by atoms with Gasteiger partial charge < -0.3 is 9.72 Å². The quantitative estimate of drug-likeness (QED) is 0.915. The van der Waals surface area contributed by atoms with Gasteiger partial charge in [-0.15, -0.1) is 0 Å². The number of aromatic amines is 1. The van der Waals surface area contributed by atoms with Gasteiger partial charge in [0.15, 0.2) is 0 Å². The van der Waals surface area contributed by atoms with Gasteiger partial charge in [-0.3, -0.25) is 4.79 Å². The molecular formula is C15H14N2O2. The van der Waals surface area contributed by atoms with E-state index in [0.29, 0.717) is 34.7 Å². The molecule has 4 nitrogen and oxygen atoms in total. The molecule has 2 rings (SSSR count). The Morgan fingerprint density at radius 2 is 2.16 bits per heavy atom. The van der Waals surface area contributed by atoms with E-state index in [9.17, 15) is 4.79 Å². The van der Waals surface area contributed by atoms with Crippen molar-refractivity contribution in [3.8, 4) is 17.6 Å². The number of nitriles is 1. The molecule has 0 amide bonds. The van der Waals surface area contributed by atoms with Crippen molar-refractivity contribution in [1.29, 1.82) is 5.26 Å². The number of pyridine rings is 1. The van der Waals surface area contributed by atoms with Gasteiger partial charge >= 0.3 is 0 Å². The fourth-order valence-electron chi connectivity index (χ4n) is 1.77. The summed E-state index contributed by atoms with van der Waals surface area (Å²) >= 11 is 0. The molecule has 0 bridgehead atoms. The molecule has 1 N–H and O–H groups in total. The van der Waals surface area contributed by atoms with Crippen LogP contribution in [0.25, 0.3) is 0 Å². The minimum absolute atomic E-state index is 0.0851. The van der Waals surface area contributed by atoms with Gasteiger partial charge in [0.25, 0.3) is 5.56 Å².